The Morgan fingerprint density at radius 3 is 1.54 bits per heavy atom. The third-order valence-corrected chi connectivity index (χ3v) is 8.70. The molecule has 2 aliphatic carbocycles. The molecule has 4 aromatic rings. The molecule has 0 spiro atoms. The van der Waals surface area contributed by atoms with Crippen LogP contribution in [0.5, 0.6) is 0 Å². The molecule has 6 rings (SSSR count). The van der Waals surface area contributed by atoms with Gasteiger partial charge in [0, 0.05) is 18.2 Å². The number of benzene rings is 2. The van der Waals surface area contributed by atoms with Gasteiger partial charge in [0.15, 0.2) is 0 Å². The average Bonchev–Trinajstić information content (AvgIpc) is 3.07. The van der Waals surface area contributed by atoms with Crippen LogP contribution in [-0.2, 0) is 4.74 Å². The minimum absolute atomic E-state index is 0.133. The fraction of sp³-hybridized carbons (Fsp3) is 0.405. The fourth-order valence-electron chi connectivity index (χ4n) is 6.45. The van der Waals surface area contributed by atoms with Crippen LogP contribution >= 0.6 is 0 Å². The van der Waals surface area contributed by atoms with Crippen molar-refractivity contribution in [2.45, 2.75) is 76.4 Å². The molecule has 214 valence electrons. The lowest BCUT2D eigenvalue weighted by atomic mass is 9.84. The summed E-state index contributed by atoms with van der Waals surface area (Å²) in [6, 6.07) is 32.7. The van der Waals surface area contributed by atoms with Crippen molar-refractivity contribution in [2.75, 3.05) is 7.11 Å². The number of methoxy groups -OCH3 is 1. The van der Waals surface area contributed by atoms with Gasteiger partial charge in [-0.2, -0.15) is 0 Å². The summed E-state index contributed by atoms with van der Waals surface area (Å²) in [6.45, 7) is 0. The molecule has 2 aliphatic rings. The van der Waals surface area contributed by atoms with Crippen LogP contribution in [0, 0.1) is 11.8 Å². The second kappa shape index (κ2) is 15.0. The van der Waals surface area contributed by atoms with E-state index in [-0.39, 0.29) is 6.10 Å². The first-order valence-corrected chi connectivity index (χ1v) is 15.5. The number of pyridine rings is 2. The third kappa shape index (κ3) is 7.90. The van der Waals surface area contributed by atoms with Gasteiger partial charge < -0.3 is 9.84 Å². The summed E-state index contributed by atoms with van der Waals surface area (Å²) in [5, 5.41) is 10.6. The zero-order valence-electron chi connectivity index (χ0n) is 24.4. The van der Waals surface area contributed by atoms with Crippen LogP contribution in [0.2, 0.25) is 0 Å². The van der Waals surface area contributed by atoms with Crippen LogP contribution in [0.4, 0.5) is 0 Å². The number of hydrogen-bond donors (Lipinski definition) is 1. The fourth-order valence-corrected chi connectivity index (χ4v) is 6.45. The highest BCUT2D eigenvalue weighted by Crippen LogP contribution is 2.37. The highest BCUT2D eigenvalue weighted by atomic mass is 16.5. The van der Waals surface area contributed by atoms with Crippen molar-refractivity contribution in [1.82, 2.24) is 9.97 Å². The summed E-state index contributed by atoms with van der Waals surface area (Å²) < 4.78 is 5.80. The van der Waals surface area contributed by atoms with E-state index in [1.54, 1.807) is 0 Å². The summed E-state index contributed by atoms with van der Waals surface area (Å²) in [5.74, 6) is 0.990. The Balaban J connectivity index is 0.000000165. The molecule has 0 amide bonds. The van der Waals surface area contributed by atoms with Crippen LogP contribution in [0.15, 0.2) is 97.1 Å². The van der Waals surface area contributed by atoms with Gasteiger partial charge in [-0.25, -0.2) is 0 Å². The smallest absolute Gasteiger partial charge is 0.102 e. The number of rotatable bonds is 7. The van der Waals surface area contributed by atoms with Gasteiger partial charge in [-0.15, -0.1) is 0 Å². The molecule has 2 aromatic heterocycles. The van der Waals surface area contributed by atoms with E-state index in [4.69, 9.17) is 9.72 Å². The summed E-state index contributed by atoms with van der Waals surface area (Å²) in [7, 11) is 1.82. The van der Waals surface area contributed by atoms with E-state index in [0.29, 0.717) is 11.8 Å². The largest absolute Gasteiger partial charge is 0.387 e. The Bertz CT molecular complexity index is 1320. The van der Waals surface area contributed by atoms with Gasteiger partial charge in [-0.3, -0.25) is 9.97 Å². The van der Waals surface area contributed by atoms with Crippen molar-refractivity contribution >= 4 is 0 Å². The number of aliphatic hydroxyl groups is 1. The Morgan fingerprint density at radius 2 is 1.02 bits per heavy atom. The molecule has 2 unspecified atom stereocenters. The highest BCUT2D eigenvalue weighted by Gasteiger charge is 2.26. The highest BCUT2D eigenvalue weighted by molar-refractivity contribution is 5.59. The minimum Gasteiger partial charge on any atom is -0.387 e. The molecule has 2 atom stereocenters. The first-order valence-electron chi connectivity index (χ1n) is 15.5. The number of hydrogen-bond acceptors (Lipinski definition) is 4. The van der Waals surface area contributed by atoms with E-state index in [1.807, 2.05) is 49.6 Å². The third-order valence-electron chi connectivity index (χ3n) is 8.70. The zero-order chi connectivity index (χ0) is 28.3. The van der Waals surface area contributed by atoms with Crippen LogP contribution in [0.25, 0.3) is 22.5 Å². The van der Waals surface area contributed by atoms with E-state index in [9.17, 15) is 5.11 Å². The Hall–Kier alpha value is -3.34. The molecule has 0 saturated heterocycles. The monoisotopic (exact) mass is 548 g/mol. The lowest BCUT2D eigenvalue weighted by molar-refractivity contribution is 0.0324. The van der Waals surface area contributed by atoms with Crippen LogP contribution in [-0.4, -0.2) is 22.2 Å². The quantitative estimate of drug-likeness (QED) is 0.250. The minimum atomic E-state index is -0.418. The Morgan fingerprint density at radius 1 is 0.561 bits per heavy atom. The van der Waals surface area contributed by atoms with Gasteiger partial charge in [0.1, 0.15) is 6.10 Å². The van der Waals surface area contributed by atoms with E-state index in [1.165, 1.54) is 51.4 Å². The summed E-state index contributed by atoms with van der Waals surface area (Å²) in [6.07, 6.45) is 12.3. The molecular formula is C37H44N2O2. The van der Waals surface area contributed by atoms with Crippen LogP contribution in [0.1, 0.15) is 87.8 Å². The summed E-state index contributed by atoms with van der Waals surface area (Å²) in [4.78, 5) is 9.53. The molecule has 0 bridgehead atoms. The molecule has 4 heteroatoms. The Labute approximate surface area is 245 Å². The summed E-state index contributed by atoms with van der Waals surface area (Å²) >= 11 is 0. The molecule has 0 aliphatic heterocycles. The van der Waals surface area contributed by atoms with E-state index < -0.39 is 6.10 Å². The zero-order valence-corrected chi connectivity index (χ0v) is 24.4. The molecular weight excluding hydrogens is 504 g/mol. The van der Waals surface area contributed by atoms with Gasteiger partial charge in [-0.1, -0.05) is 111 Å². The summed E-state index contributed by atoms with van der Waals surface area (Å²) in [5.41, 5.74) is 6.14. The van der Waals surface area contributed by atoms with Crippen molar-refractivity contribution < 1.29 is 9.84 Å². The van der Waals surface area contributed by atoms with Crippen molar-refractivity contribution in [2.24, 2.45) is 11.8 Å². The van der Waals surface area contributed by atoms with Crippen LogP contribution < -0.4 is 0 Å². The molecule has 1 N–H and O–H groups in total. The number of aliphatic hydroxyl groups excluding tert-OH is 1. The van der Waals surface area contributed by atoms with Gasteiger partial charge >= 0.3 is 0 Å². The van der Waals surface area contributed by atoms with Crippen LogP contribution in [0.3, 0.4) is 0 Å². The maximum Gasteiger partial charge on any atom is 0.102 e. The topological polar surface area (TPSA) is 55.2 Å². The first kappa shape index (κ1) is 29.2. The van der Waals surface area contributed by atoms with Gasteiger partial charge in [-0.05, 0) is 61.8 Å². The second-order valence-corrected chi connectivity index (χ2v) is 11.5. The van der Waals surface area contributed by atoms with Crippen molar-refractivity contribution in [1.29, 1.82) is 0 Å². The maximum atomic E-state index is 10.6. The van der Waals surface area contributed by atoms with E-state index in [2.05, 4.69) is 59.6 Å². The number of aromatic nitrogens is 2. The molecule has 41 heavy (non-hydrogen) atoms. The predicted molar refractivity (Wildman–Crippen MR) is 167 cm³/mol. The molecule has 2 aromatic carbocycles. The van der Waals surface area contributed by atoms with E-state index >= 15 is 0 Å². The van der Waals surface area contributed by atoms with Crippen molar-refractivity contribution in [3.63, 3.8) is 0 Å². The molecule has 0 radical (unpaired) electrons. The molecule has 2 heterocycles. The normalized spacial score (nSPS) is 17.7. The van der Waals surface area contributed by atoms with Gasteiger partial charge in [0.2, 0.25) is 0 Å². The molecule has 2 saturated carbocycles. The number of ether oxygens (including phenoxy) is 1. The van der Waals surface area contributed by atoms with Gasteiger partial charge in [0.25, 0.3) is 0 Å². The lowest BCUT2D eigenvalue weighted by Gasteiger charge is -2.29. The molecule has 2 fully saturated rings. The second-order valence-electron chi connectivity index (χ2n) is 11.5. The van der Waals surface area contributed by atoms with Crippen molar-refractivity contribution in [3.05, 3.63) is 108 Å². The predicted octanol–water partition coefficient (Wildman–Crippen LogP) is 9.38. The van der Waals surface area contributed by atoms with Crippen molar-refractivity contribution in [3.8, 4) is 22.5 Å². The standard InChI is InChI=1S/C19H23NO.C18H21NO/c1-21-19(16-11-6-3-7-12-16)18-14-8-13-17(20-18)15-9-4-2-5-10-15;20-18(15-10-5-2-6-11-15)17-13-7-12-16(19-17)14-8-3-1-4-9-14/h2,4-5,8-10,13-14,16,19H,3,6-7,11-12H2,1H3;1,3-4,7-9,12-13,15,18,20H,2,5-6,10-11H2. The Kier molecular flexibility index (Phi) is 10.7. The van der Waals surface area contributed by atoms with Gasteiger partial charge in [0.05, 0.1) is 28.9 Å². The average molecular weight is 549 g/mol. The SMILES string of the molecule is COC(c1cccc(-c2ccccc2)n1)C1CCCCC1.OC(c1cccc(-c2ccccc2)n1)C1CCCCC1. The van der Waals surface area contributed by atoms with E-state index in [0.717, 1.165) is 46.7 Å². The lowest BCUT2D eigenvalue weighted by Crippen LogP contribution is -2.19. The number of nitrogens with zero attached hydrogens (tertiary/aromatic N) is 2. The molecule has 4 nitrogen and oxygen atoms in total. The first-order chi connectivity index (χ1) is 20.2. The maximum absolute atomic E-state index is 10.6.